The Morgan fingerprint density at radius 2 is 2.13 bits per heavy atom. The normalized spacial score (nSPS) is 11.5. The van der Waals surface area contributed by atoms with Gasteiger partial charge >= 0.3 is 11.9 Å². The minimum Gasteiger partial charge on any atom is -0.476 e. The number of hydrogen-bond donors (Lipinski definition) is 2. The number of nitrogens with one attached hydrogen (secondary N) is 1. The number of rotatable bonds is 7. The summed E-state index contributed by atoms with van der Waals surface area (Å²) in [5.41, 5.74) is -1.32. The summed E-state index contributed by atoms with van der Waals surface area (Å²) in [7, 11) is 0. The molecule has 0 saturated carbocycles. The molecule has 0 aliphatic carbocycles. The van der Waals surface area contributed by atoms with Crippen LogP contribution in [0.1, 0.15) is 26.6 Å². The van der Waals surface area contributed by atoms with E-state index in [-0.39, 0.29) is 11.6 Å². The van der Waals surface area contributed by atoms with E-state index >= 15 is 0 Å². The van der Waals surface area contributed by atoms with Crippen LogP contribution in [-0.2, 0) is 24.0 Å². The van der Waals surface area contributed by atoms with Gasteiger partial charge in [-0.15, -0.1) is 0 Å². The fourth-order valence-electron chi connectivity index (χ4n) is 1.31. The number of carbonyl (C=O) groups is 3. The minimum atomic E-state index is -1.46. The lowest BCUT2D eigenvalue weighted by Crippen LogP contribution is -2.26. The van der Waals surface area contributed by atoms with Crippen molar-refractivity contribution >= 4 is 29.9 Å². The highest BCUT2D eigenvalue weighted by Gasteiger charge is 2.19. The largest absolute Gasteiger partial charge is 0.476 e. The fourth-order valence-corrected chi connectivity index (χ4v) is 1.31. The SMILES string of the molecule is CC(C)(C)OC(=O)CO/N=C(\C(=O)O)c1nccc(NC=O)n1. The summed E-state index contributed by atoms with van der Waals surface area (Å²) < 4.78 is 4.98. The molecule has 0 aromatic carbocycles. The van der Waals surface area contributed by atoms with Gasteiger partial charge in [-0.05, 0) is 26.8 Å². The second kappa shape index (κ2) is 7.82. The molecule has 0 aliphatic heterocycles. The van der Waals surface area contributed by atoms with Crippen molar-refractivity contribution in [1.82, 2.24) is 9.97 Å². The Hall–Kier alpha value is -3.04. The first kappa shape index (κ1) is 18.0. The van der Waals surface area contributed by atoms with Crippen molar-refractivity contribution < 1.29 is 29.1 Å². The quantitative estimate of drug-likeness (QED) is 0.313. The van der Waals surface area contributed by atoms with Gasteiger partial charge in [0.1, 0.15) is 11.4 Å². The van der Waals surface area contributed by atoms with Crippen LogP contribution in [-0.4, -0.2) is 51.3 Å². The first-order chi connectivity index (χ1) is 10.7. The Kier molecular flexibility index (Phi) is 6.13. The van der Waals surface area contributed by atoms with Gasteiger partial charge in [-0.1, -0.05) is 5.16 Å². The van der Waals surface area contributed by atoms with Crippen LogP contribution in [0.15, 0.2) is 17.4 Å². The van der Waals surface area contributed by atoms with E-state index in [2.05, 4.69) is 25.3 Å². The van der Waals surface area contributed by atoms with Crippen LogP contribution in [0.25, 0.3) is 0 Å². The lowest BCUT2D eigenvalue weighted by molar-refractivity contribution is -0.160. The maximum atomic E-state index is 11.4. The number of oxime groups is 1. The maximum Gasteiger partial charge on any atom is 0.361 e. The molecule has 0 aliphatic rings. The Morgan fingerprint density at radius 1 is 1.43 bits per heavy atom. The first-order valence-corrected chi connectivity index (χ1v) is 6.41. The summed E-state index contributed by atoms with van der Waals surface area (Å²) in [6, 6.07) is 1.36. The average Bonchev–Trinajstić information content (AvgIpc) is 2.42. The number of ether oxygens (including phenoxy) is 1. The molecular weight excluding hydrogens is 308 g/mol. The predicted molar refractivity (Wildman–Crippen MR) is 77.7 cm³/mol. The molecule has 1 heterocycles. The van der Waals surface area contributed by atoms with Gasteiger partial charge in [0.15, 0.2) is 5.82 Å². The molecule has 0 atom stereocenters. The van der Waals surface area contributed by atoms with Crippen LogP contribution in [0.5, 0.6) is 0 Å². The molecule has 124 valence electrons. The number of aliphatic carboxylic acids is 1. The van der Waals surface area contributed by atoms with Crippen LogP contribution in [0, 0.1) is 0 Å². The molecule has 0 unspecified atom stereocenters. The average molecular weight is 324 g/mol. The van der Waals surface area contributed by atoms with Gasteiger partial charge in [-0.2, -0.15) is 0 Å². The molecule has 10 nitrogen and oxygen atoms in total. The van der Waals surface area contributed by atoms with Crippen LogP contribution in [0.3, 0.4) is 0 Å². The monoisotopic (exact) mass is 324 g/mol. The summed E-state index contributed by atoms with van der Waals surface area (Å²) in [6.45, 7) is 4.46. The third-order valence-corrected chi connectivity index (χ3v) is 2.04. The van der Waals surface area contributed by atoms with E-state index in [4.69, 9.17) is 9.84 Å². The summed E-state index contributed by atoms with van der Waals surface area (Å²) in [4.78, 5) is 45.2. The molecule has 1 amide bonds. The van der Waals surface area contributed by atoms with Crippen molar-refractivity contribution in [1.29, 1.82) is 0 Å². The summed E-state index contributed by atoms with van der Waals surface area (Å²) in [5, 5.41) is 14.7. The summed E-state index contributed by atoms with van der Waals surface area (Å²) >= 11 is 0. The number of carboxylic acids is 1. The number of aromatic nitrogens is 2. The lowest BCUT2D eigenvalue weighted by Gasteiger charge is -2.18. The van der Waals surface area contributed by atoms with Gasteiger partial charge in [-0.3, -0.25) is 4.79 Å². The Bertz CT molecular complexity index is 623. The highest BCUT2D eigenvalue weighted by Crippen LogP contribution is 2.07. The number of nitrogens with zero attached hydrogens (tertiary/aromatic N) is 3. The van der Waals surface area contributed by atoms with E-state index in [1.165, 1.54) is 12.3 Å². The van der Waals surface area contributed by atoms with Gasteiger partial charge in [0.2, 0.25) is 18.7 Å². The minimum absolute atomic E-state index is 0.0890. The molecule has 10 heteroatoms. The van der Waals surface area contributed by atoms with Crippen molar-refractivity contribution in [2.24, 2.45) is 5.16 Å². The second-order valence-corrected chi connectivity index (χ2v) is 5.13. The second-order valence-electron chi connectivity index (χ2n) is 5.13. The van der Waals surface area contributed by atoms with Gasteiger partial charge in [0.05, 0.1) is 0 Å². The Labute approximate surface area is 131 Å². The first-order valence-electron chi connectivity index (χ1n) is 6.41. The van der Waals surface area contributed by atoms with Crippen LogP contribution < -0.4 is 5.32 Å². The van der Waals surface area contributed by atoms with E-state index < -0.39 is 29.9 Å². The zero-order valence-electron chi connectivity index (χ0n) is 12.8. The highest BCUT2D eigenvalue weighted by molar-refractivity contribution is 6.41. The molecular formula is C13H16N4O6. The molecule has 1 rings (SSSR count). The number of esters is 1. The number of carboxylic acid groups (broad SMARTS) is 1. The van der Waals surface area contributed by atoms with Gasteiger partial charge in [-0.25, -0.2) is 19.6 Å². The molecule has 2 N–H and O–H groups in total. The molecule has 0 radical (unpaired) electrons. The van der Waals surface area contributed by atoms with E-state index in [1.54, 1.807) is 20.8 Å². The maximum absolute atomic E-state index is 11.4. The molecule has 1 aromatic rings. The Morgan fingerprint density at radius 3 is 2.70 bits per heavy atom. The van der Waals surface area contributed by atoms with E-state index in [0.717, 1.165) is 0 Å². The van der Waals surface area contributed by atoms with Crippen molar-refractivity contribution in [3.8, 4) is 0 Å². The molecule has 0 bridgehead atoms. The fraction of sp³-hybridized carbons (Fsp3) is 0.385. The van der Waals surface area contributed by atoms with E-state index in [1.807, 2.05) is 0 Å². The highest BCUT2D eigenvalue weighted by atomic mass is 16.7. The molecule has 0 fully saturated rings. The van der Waals surface area contributed by atoms with Crippen molar-refractivity contribution in [2.75, 3.05) is 11.9 Å². The third-order valence-electron chi connectivity index (χ3n) is 2.04. The number of carbonyl (C=O) groups excluding carboxylic acids is 2. The molecule has 0 spiro atoms. The topological polar surface area (TPSA) is 140 Å². The third kappa shape index (κ3) is 6.50. The molecule has 23 heavy (non-hydrogen) atoms. The van der Waals surface area contributed by atoms with Crippen LogP contribution in [0.4, 0.5) is 5.82 Å². The van der Waals surface area contributed by atoms with Crippen molar-refractivity contribution in [2.45, 2.75) is 26.4 Å². The van der Waals surface area contributed by atoms with E-state index in [9.17, 15) is 14.4 Å². The molecule has 1 aromatic heterocycles. The standard InChI is InChI=1S/C13H16N4O6/c1-13(2,3)23-9(19)6-22-17-10(12(20)21)11-14-5-4-8(16-11)15-7-18/h4-5,7H,6H2,1-3H3,(H,20,21)(H,14,15,16,18)/b17-10-. The van der Waals surface area contributed by atoms with Gasteiger partial charge in [0, 0.05) is 6.20 Å². The number of amides is 1. The summed E-state index contributed by atoms with van der Waals surface area (Å²) in [6.07, 6.45) is 1.61. The van der Waals surface area contributed by atoms with Crippen LogP contribution in [0.2, 0.25) is 0 Å². The van der Waals surface area contributed by atoms with Gasteiger partial charge < -0.3 is 20.0 Å². The lowest BCUT2D eigenvalue weighted by atomic mass is 10.2. The zero-order valence-corrected chi connectivity index (χ0v) is 12.8. The van der Waals surface area contributed by atoms with Gasteiger partial charge in [0.25, 0.3) is 0 Å². The Balaban J connectivity index is 2.82. The number of hydrogen-bond acceptors (Lipinski definition) is 8. The smallest absolute Gasteiger partial charge is 0.361 e. The molecule has 0 saturated heterocycles. The number of anilines is 1. The van der Waals surface area contributed by atoms with Crippen molar-refractivity contribution in [3.63, 3.8) is 0 Å². The van der Waals surface area contributed by atoms with Crippen LogP contribution >= 0.6 is 0 Å². The predicted octanol–water partition coefficient (Wildman–Crippen LogP) is 0.192. The summed E-state index contributed by atoms with van der Waals surface area (Å²) in [5.74, 6) is -2.36. The zero-order chi connectivity index (χ0) is 17.5. The van der Waals surface area contributed by atoms with Crippen molar-refractivity contribution in [3.05, 3.63) is 18.1 Å². The van der Waals surface area contributed by atoms with E-state index in [0.29, 0.717) is 6.41 Å².